The Morgan fingerprint density at radius 2 is 2.38 bits per heavy atom. The van der Waals surface area contributed by atoms with Crippen LogP contribution >= 0.6 is 0 Å². The van der Waals surface area contributed by atoms with Crippen molar-refractivity contribution in [2.45, 2.75) is 19.4 Å². The average Bonchev–Trinajstić information content (AvgIpc) is 1.81. The maximum absolute atomic E-state index is 7.89. The summed E-state index contributed by atoms with van der Waals surface area (Å²) in [6.07, 6.45) is 1.25. The highest BCUT2D eigenvalue weighted by Gasteiger charge is 1.90. The third-order valence-corrected chi connectivity index (χ3v) is 6.05. The summed E-state index contributed by atoms with van der Waals surface area (Å²) in [7, 11) is 2.14. The first-order valence-electron chi connectivity index (χ1n) is 2.45. The Morgan fingerprint density at radius 3 is 2.88 bits per heavy atom. The molecule has 0 saturated heterocycles. The SMILES string of the molecule is CCC[Si][Si][Si]OO. The van der Waals surface area contributed by atoms with E-state index in [1.807, 2.05) is 0 Å². The molecule has 0 rings (SSSR count). The van der Waals surface area contributed by atoms with E-state index in [4.69, 9.17) is 5.26 Å². The molecule has 0 aliphatic heterocycles. The van der Waals surface area contributed by atoms with Crippen molar-refractivity contribution in [3.8, 4) is 0 Å². The summed E-state index contributed by atoms with van der Waals surface area (Å²) < 4.78 is 3.94. The molecule has 0 amide bonds. The van der Waals surface area contributed by atoms with E-state index >= 15 is 0 Å². The Kier molecular flexibility index (Phi) is 8.11. The van der Waals surface area contributed by atoms with Crippen LogP contribution in [0.1, 0.15) is 13.3 Å². The molecule has 0 bridgehead atoms. The fraction of sp³-hybridized carbons (Fsp3) is 1.00. The van der Waals surface area contributed by atoms with E-state index in [0.717, 1.165) is 17.6 Å². The Morgan fingerprint density at radius 1 is 1.62 bits per heavy atom. The van der Waals surface area contributed by atoms with E-state index in [2.05, 4.69) is 11.5 Å². The first-order valence-corrected chi connectivity index (χ1v) is 7.56. The Hall–Kier alpha value is 0.571. The molecule has 0 atom stereocenters. The molecule has 1 N–H and O–H groups in total. The average molecular weight is 160 g/mol. The summed E-state index contributed by atoms with van der Waals surface area (Å²) in [6, 6.07) is 1.29. The lowest BCUT2D eigenvalue weighted by Gasteiger charge is -1.89. The predicted molar refractivity (Wildman–Crippen MR) is 36.1 cm³/mol. The number of hydrogen-bond acceptors (Lipinski definition) is 2. The van der Waals surface area contributed by atoms with Crippen LogP contribution in [0.3, 0.4) is 0 Å². The minimum atomic E-state index is 0.320. The van der Waals surface area contributed by atoms with E-state index in [-0.39, 0.29) is 0 Å². The van der Waals surface area contributed by atoms with Crippen LogP contribution in [-0.2, 0) is 4.58 Å². The highest BCUT2D eigenvalue weighted by molar-refractivity contribution is 7.27. The zero-order chi connectivity index (χ0) is 6.24. The maximum atomic E-state index is 7.89. The van der Waals surface area contributed by atoms with Crippen molar-refractivity contribution < 1.29 is 9.83 Å². The molecule has 6 radical (unpaired) electrons. The van der Waals surface area contributed by atoms with Gasteiger partial charge in [-0.3, -0.25) is 9.83 Å². The monoisotopic (exact) mass is 160 g/mol. The van der Waals surface area contributed by atoms with Gasteiger partial charge in [-0.2, -0.15) is 0 Å². The van der Waals surface area contributed by atoms with Gasteiger partial charge in [0.05, 0.1) is 8.55 Å². The molecule has 0 aromatic carbocycles. The van der Waals surface area contributed by atoms with Crippen molar-refractivity contribution in [3.63, 3.8) is 0 Å². The van der Waals surface area contributed by atoms with Crippen molar-refractivity contribution in [2.75, 3.05) is 0 Å². The topological polar surface area (TPSA) is 29.5 Å². The van der Waals surface area contributed by atoms with Crippen LogP contribution < -0.4 is 0 Å². The van der Waals surface area contributed by atoms with Gasteiger partial charge < -0.3 is 0 Å². The molecule has 0 aromatic heterocycles. The molecule has 0 spiro atoms. The van der Waals surface area contributed by atoms with Gasteiger partial charge in [0.15, 0.2) is 0 Å². The zero-order valence-corrected chi connectivity index (χ0v) is 7.77. The number of hydrogen-bond donors (Lipinski definition) is 1. The first kappa shape index (κ1) is 8.57. The molecular weight excluding hydrogens is 152 g/mol. The molecule has 5 heteroatoms. The maximum Gasteiger partial charge on any atom is 0.254 e. The molecular formula is C3H8O2Si3. The summed E-state index contributed by atoms with van der Waals surface area (Å²) in [5.74, 6) is 0. The van der Waals surface area contributed by atoms with Crippen molar-refractivity contribution in [1.29, 1.82) is 0 Å². The summed E-state index contributed by atoms with van der Waals surface area (Å²) in [5.41, 5.74) is 0. The van der Waals surface area contributed by atoms with Crippen LogP contribution in [0.4, 0.5) is 0 Å². The zero-order valence-electron chi connectivity index (χ0n) is 4.77. The molecule has 44 valence electrons. The minimum Gasteiger partial charge on any atom is -0.295 e. The van der Waals surface area contributed by atoms with Gasteiger partial charge in [-0.15, -0.1) is 0 Å². The minimum absolute atomic E-state index is 0.320. The highest BCUT2D eigenvalue weighted by atomic mass is 29.5. The van der Waals surface area contributed by atoms with Crippen molar-refractivity contribution in [3.05, 3.63) is 0 Å². The largest absolute Gasteiger partial charge is 0.295 e. The normalized spacial score (nSPS) is 9.75. The molecule has 2 nitrogen and oxygen atoms in total. The van der Waals surface area contributed by atoms with Crippen molar-refractivity contribution >= 4 is 26.9 Å². The number of rotatable bonds is 5. The lowest BCUT2D eigenvalue weighted by atomic mass is 10.6. The van der Waals surface area contributed by atoms with E-state index in [1.54, 1.807) is 0 Å². The Balaban J connectivity index is 2.53. The first-order chi connectivity index (χ1) is 3.91. The molecule has 0 aromatic rings. The summed E-state index contributed by atoms with van der Waals surface area (Å²) >= 11 is 0. The summed E-state index contributed by atoms with van der Waals surface area (Å²) in [4.78, 5) is 0. The molecule has 0 heterocycles. The van der Waals surface area contributed by atoms with Gasteiger partial charge in [-0.1, -0.05) is 19.4 Å². The van der Waals surface area contributed by atoms with Crippen molar-refractivity contribution in [1.82, 2.24) is 0 Å². The molecule has 0 unspecified atom stereocenters. The van der Waals surface area contributed by atoms with Gasteiger partial charge in [0.2, 0.25) is 0 Å². The molecule has 0 saturated carbocycles. The van der Waals surface area contributed by atoms with Crippen LogP contribution in [0.2, 0.25) is 6.04 Å². The van der Waals surface area contributed by atoms with E-state index in [9.17, 15) is 0 Å². The third-order valence-electron chi connectivity index (χ3n) is 0.560. The predicted octanol–water partition coefficient (Wildman–Crippen LogP) is 0.162. The summed E-state index contributed by atoms with van der Waals surface area (Å²) in [5, 5.41) is 7.89. The second-order valence-electron chi connectivity index (χ2n) is 1.25. The molecule has 0 fully saturated rings. The van der Waals surface area contributed by atoms with Gasteiger partial charge in [0, 0.05) is 9.04 Å². The van der Waals surface area contributed by atoms with Crippen LogP contribution in [0, 0.1) is 0 Å². The van der Waals surface area contributed by atoms with Crippen LogP contribution in [0.5, 0.6) is 0 Å². The van der Waals surface area contributed by atoms with E-state index in [1.165, 1.54) is 12.5 Å². The second-order valence-corrected chi connectivity index (χ2v) is 7.41. The standard InChI is InChI=1S/C3H8O2Si3/c1-2-3-6-8-7-5-4/h4H,2-3H2,1H3. The Bertz CT molecular complexity index is 37.5. The van der Waals surface area contributed by atoms with E-state index in [0.29, 0.717) is 9.28 Å². The third kappa shape index (κ3) is 6.57. The fourth-order valence-corrected chi connectivity index (χ4v) is 4.40. The lowest BCUT2D eigenvalue weighted by molar-refractivity contribution is -0.134. The Labute approximate surface area is 56.7 Å². The quantitative estimate of drug-likeness (QED) is 0.269. The van der Waals surface area contributed by atoms with Crippen LogP contribution in [-0.4, -0.2) is 32.1 Å². The summed E-state index contributed by atoms with van der Waals surface area (Å²) in [6.45, 7) is 2.17. The van der Waals surface area contributed by atoms with Gasteiger partial charge in [-0.05, 0) is 0 Å². The van der Waals surface area contributed by atoms with Crippen LogP contribution in [0.25, 0.3) is 0 Å². The highest BCUT2D eigenvalue weighted by Crippen LogP contribution is 1.81. The molecule has 8 heavy (non-hydrogen) atoms. The van der Waals surface area contributed by atoms with Gasteiger partial charge in [-0.25, -0.2) is 0 Å². The van der Waals surface area contributed by atoms with Gasteiger partial charge in [0.25, 0.3) is 9.28 Å². The van der Waals surface area contributed by atoms with Gasteiger partial charge >= 0.3 is 0 Å². The van der Waals surface area contributed by atoms with E-state index < -0.39 is 0 Å². The van der Waals surface area contributed by atoms with Gasteiger partial charge in [0.1, 0.15) is 0 Å². The smallest absolute Gasteiger partial charge is 0.254 e. The van der Waals surface area contributed by atoms with Crippen LogP contribution in [0.15, 0.2) is 0 Å². The second kappa shape index (κ2) is 7.57. The molecule has 0 aliphatic rings. The van der Waals surface area contributed by atoms with Crippen molar-refractivity contribution in [2.24, 2.45) is 0 Å². The lowest BCUT2D eigenvalue weighted by Crippen LogP contribution is -2.13. The fourth-order valence-electron chi connectivity index (χ4n) is 0.246. The molecule has 0 aliphatic carbocycles.